The van der Waals surface area contributed by atoms with Gasteiger partial charge in [-0.15, -0.1) is 11.3 Å². The number of aromatic nitrogens is 1. The molecule has 132 valence electrons. The Morgan fingerprint density at radius 2 is 2.00 bits per heavy atom. The van der Waals surface area contributed by atoms with E-state index in [2.05, 4.69) is 10.3 Å². The van der Waals surface area contributed by atoms with Gasteiger partial charge in [-0.3, -0.25) is 10.1 Å². The Bertz CT molecular complexity index is 926. The monoisotopic (exact) mass is 368 g/mol. The molecular formula is C19H16N2O4S. The van der Waals surface area contributed by atoms with E-state index in [0.29, 0.717) is 16.6 Å². The van der Waals surface area contributed by atoms with E-state index in [9.17, 15) is 4.79 Å². The third-order valence-corrected chi connectivity index (χ3v) is 4.59. The molecule has 1 amide bonds. The van der Waals surface area contributed by atoms with Crippen molar-refractivity contribution in [2.75, 3.05) is 12.1 Å². The fourth-order valence-corrected chi connectivity index (χ4v) is 3.21. The van der Waals surface area contributed by atoms with Crippen LogP contribution in [0.25, 0.3) is 11.3 Å². The number of carbonyl (C=O) groups is 1. The van der Waals surface area contributed by atoms with Gasteiger partial charge in [0, 0.05) is 10.9 Å². The van der Waals surface area contributed by atoms with Gasteiger partial charge < -0.3 is 14.2 Å². The minimum atomic E-state index is -0.629. The van der Waals surface area contributed by atoms with E-state index in [4.69, 9.17) is 14.2 Å². The fraction of sp³-hybridized carbons (Fsp3) is 0.158. The first-order valence-electron chi connectivity index (χ1n) is 8.07. The normalized spacial score (nSPS) is 13.3. The van der Waals surface area contributed by atoms with E-state index >= 15 is 0 Å². The van der Waals surface area contributed by atoms with E-state index in [-0.39, 0.29) is 12.7 Å². The third kappa shape index (κ3) is 3.48. The molecule has 1 atom stereocenters. The first-order chi connectivity index (χ1) is 12.7. The van der Waals surface area contributed by atoms with Crippen LogP contribution in [-0.4, -0.2) is 23.8 Å². The molecule has 0 saturated carbocycles. The first kappa shape index (κ1) is 16.4. The number of benzene rings is 2. The molecule has 7 heteroatoms. The van der Waals surface area contributed by atoms with E-state index in [0.717, 1.165) is 17.0 Å². The lowest BCUT2D eigenvalue weighted by molar-refractivity contribution is -0.122. The molecule has 0 fully saturated rings. The number of thiazole rings is 1. The average Bonchev–Trinajstić information content (AvgIpc) is 3.31. The molecule has 0 radical (unpaired) electrons. The zero-order chi connectivity index (χ0) is 17.9. The Morgan fingerprint density at radius 3 is 2.85 bits per heavy atom. The molecule has 0 bridgehead atoms. The molecule has 6 nitrogen and oxygen atoms in total. The van der Waals surface area contributed by atoms with Gasteiger partial charge in [-0.1, -0.05) is 18.2 Å². The molecule has 1 unspecified atom stereocenters. The number of nitrogens with one attached hydrogen (secondary N) is 1. The summed E-state index contributed by atoms with van der Waals surface area (Å²) in [6.07, 6.45) is -0.629. The highest BCUT2D eigenvalue weighted by molar-refractivity contribution is 7.14. The number of rotatable bonds is 5. The molecule has 1 aromatic heterocycles. The van der Waals surface area contributed by atoms with Crippen molar-refractivity contribution < 1.29 is 19.0 Å². The summed E-state index contributed by atoms with van der Waals surface area (Å²) in [7, 11) is 0. The summed E-state index contributed by atoms with van der Waals surface area (Å²) >= 11 is 1.36. The summed E-state index contributed by atoms with van der Waals surface area (Å²) in [6.45, 7) is 1.94. The van der Waals surface area contributed by atoms with Gasteiger partial charge in [-0.25, -0.2) is 4.98 Å². The van der Waals surface area contributed by atoms with Crippen LogP contribution in [0.3, 0.4) is 0 Å². The molecule has 0 aliphatic carbocycles. The van der Waals surface area contributed by atoms with Crippen molar-refractivity contribution >= 4 is 22.4 Å². The van der Waals surface area contributed by atoms with Crippen molar-refractivity contribution in [3.05, 3.63) is 53.9 Å². The van der Waals surface area contributed by atoms with Crippen molar-refractivity contribution in [2.24, 2.45) is 0 Å². The minimum Gasteiger partial charge on any atom is -0.481 e. The van der Waals surface area contributed by atoms with Crippen LogP contribution in [0, 0.1) is 0 Å². The van der Waals surface area contributed by atoms with Crippen molar-refractivity contribution in [3.8, 4) is 28.5 Å². The van der Waals surface area contributed by atoms with Crippen molar-refractivity contribution in [3.63, 3.8) is 0 Å². The number of nitrogens with zero attached hydrogens (tertiary/aromatic N) is 1. The number of amides is 1. The maximum absolute atomic E-state index is 12.3. The Balaban J connectivity index is 1.42. The van der Waals surface area contributed by atoms with Gasteiger partial charge in [0.25, 0.3) is 5.91 Å². The van der Waals surface area contributed by atoms with E-state index in [1.807, 2.05) is 53.9 Å². The largest absolute Gasteiger partial charge is 0.481 e. The number of hydrogen-bond acceptors (Lipinski definition) is 6. The molecule has 0 spiro atoms. The zero-order valence-corrected chi connectivity index (χ0v) is 14.8. The molecule has 1 N–H and O–H groups in total. The molecule has 4 rings (SSSR count). The van der Waals surface area contributed by atoms with Crippen LogP contribution < -0.4 is 19.5 Å². The fourth-order valence-electron chi connectivity index (χ4n) is 2.48. The number of ether oxygens (including phenoxy) is 3. The Kier molecular flexibility index (Phi) is 4.45. The molecular weight excluding hydrogens is 352 g/mol. The second-order valence-corrected chi connectivity index (χ2v) is 6.53. The molecule has 2 heterocycles. The summed E-state index contributed by atoms with van der Waals surface area (Å²) in [5, 5.41) is 5.20. The average molecular weight is 368 g/mol. The maximum Gasteiger partial charge on any atom is 0.266 e. The molecule has 26 heavy (non-hydrogen) atoms. The summed E-state index contributed by atoms with van der Waals surface area (Å²) in [5.74, 6) is 1.83. The quantitative estimate of drug-likeness (QED) is 0.739. The minimum absolute atomic E-state index is 0.233. The van der Waals surface area contributed by atoms with Gasteiger partial charge >= 0.3 is 0 Å². The summed E-state index contributed by atoms with van der Waals surface area (Å²) < 4.78 is 16.3. The predicted molar refractivity (Wildman–Crippen MR) is 98.8 cm³/mol. The maximum atomic E-state index is 12.3. The summed E-state index contributed by atoms with van der Waals surface area (Å²) in [6, 6.07) is 14.9. The van der Waals surface area contributed by atoms with Crippen LogP contribution in [-0.2, 0) is 4.79 Å². The van der Waals surface area contributed by atoms with E-state index in [1.54, 1.807) is 6.92 Å². The van der Waals surface area contributed by atoms with Crippen LogP contribution in [0.5, 0.6) is 17.2 Å². The zero-order valence-electron chi connectivity index (χ0n) is 14.0. The summed E-state index contributed by atoms with van der Waals surface area (Å²) in [5.41, 5.74) is 1.67. The standard InChI is InChI=1S/C19H16N2O4S/c1-12(25-14-5-3-2-4-6-14)18(22)21-19-20-15(10-26-19)13-7-8-16-17(9-13)24-11-23-16/h2-10,12H,11H2,1H3,(H,20,21,22). The SMILES string of the molecule is CC(Oc1ccccc1)C(=O)Nc1nc(-c2ccc3c(c2)OCO3)cs1. The van der Waals surface area contributed by atoms with Crippen LogP contribution in [0.1, 0.15) is 6.92 Å². The van der Waals surface area contributed by atoms with E-state index in [1.165, 1.54) is 11.3 Å². The Hall–Kier alpha value is -3.06. The number of carbonyl (C=O) groups excluding carboxylic acids is 1. The number of hydrogen-bond donors (Lipinski definition) is 1. The second-order valence-electron chi connectivity index (χ2n) is 5.67. The highest BCUT2D eigenvalue weighted by atomic mass is 32.1. The highest BCUT2D eigenvalue weighted by Gasteiger charge is 2.18. The Morgan fingerprint density at radius 1 is 1.19 bits per heavy atom. The topological polar surface area (TPSA) is 69.7 Å². The van der Waals surface area contributed by atoms with Gasteiger partial charge in [0.15, 0.2) is 22.7 Å². The predicted octanol–water partition coefficient (Wildman–Crippen LogP) is 3.94. The number of anilines is 1. The van der Waals surface area contributed by atoms with Crippen LogP contribution in [0.15, 0.2) is 53.9 Å². The first-order valence-corrected chi connectivity index (χ1v) is 8.95. The lowest BCUT2D eigenvalue weighted by Crippen LogP contribution is -2.30. The molecule has 1 aliphatic rings. The van der Waals surface area contributed by atoms with Crippen molar-refractivity contribution in [1.82, 2.24) is 4.98 Å². The molecule has 3 aromatic rings. The lowest BCUT2D eigenvalue weighted by Gasteiger charge is -2.13. The number of fused-ring (bicyclic) bond motifs is 1. The smallest absolute Gasteiger partial charge is 0.266 e. The number of para-hydroxylation sites is 1. The van der Waals surface area contributed by atoms with Gasteiger partial charge in [-0.05, 0) is 37.3 Å². The van der Waals surface area contributed by atoms with Crippen LogP contribution >= 0.6 is 11.3 Å². The molecule has 2 aromatic carbocycles. The van der Waals surface area contributed by atoms with E-state index < -0.39 is 6.10 Å². The summed E-state index contributed by atoms with van der Waals surface area (Å²) in [4.78, 5) is 16.8. The van der Waals surface area contributed by atoms with Gasteiger partial charge in [-0.2, -0.15) is 0 Å². The van der Waals surface area contributed by atoms with Gasteiger partial charge in [0.2, 0.25) is 6.79 Å². The van der Waals surface area contributed by atoms with Crippen molar-refractivity contribution in [2.45, 2.75) is 13.0 Å². The lowest BCUT2D eigenvalue weighted by atomic mass is 10.1. The van der Waals surface area contributed by atoms with Crippen LogP contribution in [0.2, 0.25) is 0 Å². The van der Waals surface area contributed by atoms with Gasteiger partial charge in [0.05, 0.1) is 5.69 Å². The Labute approximate surface area is 154 Å². The molecule has 0 saturated heterocycles. The van der Waals surface area contributed by atoms with Crippen molar-refractivity contribution in [1.29, 1.82) is 0 Å². The highest BCUT2D eigenvalue weighted by Crippen LogP contribution is 2.36. The van der Waals surface area contributed by atoms with Gasteiger partial charge in [0.1, 0.15) is 5.75 Å². The molecule has 1 aliphatic heterocycles. The second kappa shape index (κ2) is 7.05. The van der Waals surface area contributed by atoms with Crippen LogP contribution in [0.4, 0.5) is 5.13 Å². The third-order valence-electron chi connectivity index (χ3n) is 3.83.